The fourth-order valence-corrected chi connectivity index (χ4v) is 5.52. The van der Waals surface area contributed by atoms with Crippen LogP contribution in [-0.4, -0.2) is 16.6 Å². The number of benzene rings is 1. The van der Waals surface area contributed by atoms with Crippen LogP contribution in [-0.2, 0) is 6.42 Å². The Morgan fingerprint density at radius 1 is 1.09 bits per heavy atom. The molecular formula is C19H24FNO. The standard InChI is InChI=1S/C19H24FNO/c1-2-13-3-5-17(6-4-13)18(22)21(20)19-10-14-7-15(11-19)9-16(8-14)12-19/h3-6,14-16H,2,7-12H2,1H3. The quantitative estimate of drug-likeness (QED) is 0.750. The van der Waals surface area contributed by atoms with Crippen molar-refractivity contribution in [1.29, 1.82) is 0 Å². The Morgan fingerprint density at radius 3 is 2.05 bits per heavy atom. The number of aryl methyl sites for hydroxylation is 1. The molecule has 4 aliphatic carbocycles. The van der Waals surface area contributed by atoms with E-state index in [-0.39, 0.29) is 0 Å². The highest BCUT2D eigenvalue weighted by atomic mass is 19.2. The van der Waals surface area contributed by atoms with Crippen LogP contribution in [0.1, 0.15) is 61.4 Å². The molecule has 22 heavy (non-hydrogen) atoms. The summed E-state index contributed by atoms with van der Waals surface area (Å²) in [6.45, 7) is 2.08. The SMILES string of the molecule is CCc1ccc(C(=O)N(F)C23CC4CC(CC(C4)C2)C3)cc1. The maximum atomic E-state index is 15.1. The van der Waals surface area contributed by atoms with E-state index in [0.29, 0.717) is 28.4 Å². The third-order valence-corrected chi connectivity index (χ3v) is 6.21. The molecule has 4 fully saturated rings. The summed E-state index contributed by atoms with van der Waals surface area (Å²) in [7, 11) is 0. The lowest BCUT2D eigenvalue weighted by Crippen LogP contribution is -2.58. The minimum Gasteiger partial charge on any atom is -0.266 e. The Hall–Kier alpha value is -1.38. The van der Waals surface area contributed by atoms with Gasteiger partial charge in [-0.15, -0.1) is 0 Å². The number of carbonyl (C=O) groups excluding carboxylic acids is 1. The zero-order valence-corrected chi connectivity index (χ0v) is 13.2. The molecule has 118 valence electrons. The molecule has 3 heteroatoms. The van der Waals surface area contributed by atoms with Crippen LogP contribution < -0.4 is 0 Å². The van der Waals surface area contributed by atoms with E-state index in [9.17, 15) is 4.79 Å². The fraction of sp³-hybridized carbons (Fsp3) is 0.632. The van der Waals surface area contributed by atoms with Gasteiger partial charge in [-0.25, -0.2) is 0 Å². The van der Waals surface area contributed by atoms with Gasteiger partial charge >= 0.3 is 0 Å². The highest BCUT2D eigenvalue weighted by Gasteiger charge is 2.55. The average Bonchev–Trinajstić information content (AvgIpc) is 2.52. The topological polar surface area (TPSA) is 20.3 Å². The third-order valence-electron chi connectivity index (χ3n) is 6.21. The molecule has 0 spiro atoms. The van der Waals surface area contributed by atoms with Gasteiger partial charge in [0.2, 0.25) is 0 Å². The number of hydrogen-bond donors (Lipinski definition) is 0. The Bertz CT molecular complexity index is 544. The fourth-order valence-electron chi connectivity index (χ4n) is 5.52. The number of hydrogen-bond acceptors (Lipinski definition) is 1. The molecule has 0 N–H and O–H groups in total. The molecule has 4 aliphatic rings. The molecule has 0 heterocycles. The summed E-state index contributed by atoms with van der Waals surface area (Å²) in [5.74, 6) is 1.48. The summed E-state index contributed by atoms with van der Waals surface area (Å²) in [5.41, 5.74) is 1.15. The van der Waals surface area contributed by atoms with Gasteiger partial charge in [-0.05, 0) is 80.4 Å². The minimum absolute atomic E-state index is 0.440. The highest BCUT2D eigenvalue weighted by Crippen LogP contribution is 2.58. The van der Waals surface area contributed by atoms with Gasteiger partial charge in [0.05, 0.1) is 5.54 Å². The molecule has 0 radical (unpaired) electrons. The zero-order chi connectivity index (χ0) is 15.3. The molecule has 0 atom stereocenters. The molecule has 0 unspecified atom stereocenters. The summed E-state index contributed by atoms with van der Waals surface area (Å²) in [6.07, 6.45) is 7.31. The summed E-state index contributed by atoms with van der Waals surface area (Å²) in [6, 6.07) is 7.41. The van der Waals surface area contributed by atoms with Crippen molar-refractivity contribution in [3.8, 4) is 0 Å². The Kier molecular flexibility index (Phi) is 3.28. The molecule has 4 bridgehead atoms. The number of amides is 1. The van der Waals surface area contributed by atoms with Crippen LogP contribution in [0.5, 0.6) is 0 Å². The molecule has 1 aromatic carbocycles. The van der Waals surface area contributed by atoms with E-state index in [1.165, 1.54) is 24.8 Å². The number of nitrogens with zero attached hydrogens (tertiary/aromatic N) is 1. The van der Waals surface area contributed by atoms with Crippen molar-refractivity contribution in [3.05, 3.63) is 35.4 Å². The van der Waals surface area contributed by atoms with Crippen LogP contribution in [0, 0.1) is 17.8 Å². The molecule has 1 amide bonds. The first-order chi connectivity index (χ1) is 10.6. The van der Waals surface area contributed by atoms with Gasteiger partial charge in [0.15, 0.2) is 0 Å². The molecule has 2 nitrogen and oxygen atoms in total. The molecular weight excluding hydrogens is 277 g/mol. The maximum absolute atomic E-state index is 15.1. The molecule has 0 saturated heterocycles. The predicted octanol–water partition coefficient (Wildman–Crippen LogP) is 4.54. The van der Waals surface area contributed by atoms with E-state index in [1.54, 1.807) is 12.1 Å². The normalized spacial score (nSPS) is 35.6. The second-order valence-electron chi connectivity index (χ2n) is 7.78. The average molecular weight is 301 g/mol. The lowest BCUT2D eigenvalue weighted by atomic mass is 9.53. The van der Waals surface area contributed by atoms with Crippen LogP contribution in [0.25, 0.3) is 0 Å². The summed E-state index contributed by atoms with van der Waals surface area (Å²) >= 11 is 0. The molecule has 5 rings (SSSR count). The Labute approximate surface area is 131 Å². The summed E-state index contributed by atoms with van der Waals surface area (Å²) < 4.78 is 15.1. The number of rotatable bonds is 3. The molecule has 4 saturated carbocycles. The van der Waals surface area contributed by atoms with Crippen LogP contribution >= 0.6 is 0 Å². The monoisotopic (exact) mass is 301 g/mol. The lowest BCUT2D eigenvalue weighted by Gasteiger charge is -2.57. The van der Waals surface area contributed by atoms with Crippen LogP contribution in [0.2, 0.25) is 0 Å². The van der Waals surface area contributed by atoms with E-state index in [2.05, 4.69) is 6.92 Å². The smallest absolute Gasteiger partial charge is 0.266 e. The largest absolute Gasteiger partial charge is 0.282 e. The second-order valence-corrected chi connectivity index (χ2v) is 7.78. The molecule has 1 aromatic rings. The first-order valence-corrected chi connectivity index (χ1v) is 8.69. The van der Waals surface area contributed by atoms with Crippen LogP contribution in [0.15, 0.2) is 24.3 Å². The van der Waals surface area contributed by atoms with E-state index in [0.717, 1.165) is 25.7 Å². The second kappa shape index (κ2) is 5.07. The minimum atomic E-state index is -0.505. The van der Waals surface area contributed by atoms with Gasteiger partial charge in [0.25, 0.3) is 5.91 Å². The van der Waals surface area contributed by atoms with Crippen molar-refractivity contribution in [2.75, 3.05) is 0 Å². The van der Waals surface area contributed by atoms with E-state index < -0.39 is 11.4 Å². The van der Waals surface area contributed by atoms with Crippen molar-refractivity contribution in [2.45, 2.75) is 57.4 Å². The number of halogens is 1. The van der Waals surface area contributed by atoms with Crippen molar-refractivity contribution in [2.24, 2.45) is 17.8 Å². The van der Waals surface area contributed by atoms with E-state index in [4.69, 9.17) is 0 Å². The first-order valence-electron chi connectivity index (χ1n) is 8.69. The summed E-state index contributed by atoms with van der Waals surface area (Å²) in [5, 5.41) is 0.623. The third kappa shape index (κ3) is 2.17. The van der Waals surface area contributed by atoms with Gasteiger partial charge in [-0.3, -0.25) is 4.79 Å². The van der Waals surface area contributed by atoms with Gasteiger partial charge in [-0.2, -0.15) is 5.12 Å². The first kappa shape index (κ1) is 14.2. The van der Waals surface area contributed by atoms with E-state index in [1.807, 2.05) is 12.1 Å². The van der Waals surface area contributed by atoms with Crippen LogP contribution in [0.4, 0.5) is 4.48 Å². The summed E-state index contributed by atoms with van der Waals surface area (Å²) in [4.78, 5) is 12.6. The van der Waals surface area contributed by atoms with Gasteiger partial charge in [-0.1, -0.05) is 23.5 Å². The van der Waals surface area contributed by atoms with Crippen molar-refractivity contribution in [1.82, 2.24) is 5.12 Å². The van der Waals surface area contributed by atoms with Gasteiger partial charge < -0.3 is 0 Å². The van der Waals surface area contributed by atoms with Crippen molar-refractivity contribution < 1.29 is 9.28 Å². The van der Waals surface area contributed by atoms with Crippen molar-refractivity contribution >= 4 is 5.91 Å². The Morgan fingerprint density at radius 2 is 1.59 bits per heavy atom. The predicted molar refractivity (Wildman–Crippen MR) is 84.0 cm³/mol. The van der Waals surface area contributed by atoms with Crippen LogP contribution in [0.3, 0.4) is 0 Å². The molecule has 0 aliphatic heterocycles. The van der Waals surface area contributed by atoms with Crippen molar-refractivity contribution in [3.63, 3.8) is 0 Å². The maximum Gasteiger partial charge on any atom is 0.282 e. The van der Waals surface area contributed by atoms with E-state index >= 15 is 4.48 Å². The Balaban J connectivity index is 1.57. The highest BCUT2D eigenvalue weighted by molar-refractivity contribution is 5.94. The number of carbonyl (C=O) groups is 1. The lowest BCUT2D eigenvalue weighted by molar-refractivity contribution is -0.142. The van der Waals surface area contributed by atoms with Gasteiger partial charge in [0, 0.05) is 5.56 Å². The van der Waals surface area contributed by atoms with Gasteiger partial charge in [0.1, 0.15) is 0 Å². The molecule has 0 aromatic heterocycles. The zero-order valence-electron chi connectivity index (χ0n) is 13.2.